The van der Waals surface area contributed by atoms with Gasteiger partial charge in [-0.15, -0.1) is 0 Å². The Morgan fingerprint density at radius 3 is 1.73 bits per heavy atom. The van der Waals surface area contributed by atoms with E-state index in [4.69, 9.17) is 9.26 Å². The highest BCUT2D eigenvalue weighted by Crippen LogP contribution is 2.41. The van der Waals surface area contributed by atoms with E-state index >= 15 is 0 Å². The molecule has 0 bridgehead atoms. The molecule has 0 saturated carbocycles. The predicted molar refractivity (Wildman–Crippen MR) is 125 cm³/mol. The van der Waals surface area contributed by atoms with Gasteiger partial charge in [0.15, 0.2) is 0 Å². The van der Waals surface area contributed by atoms with Gasteiger partial charge >= 0.3 is 7.60 Å². The quantitative estimate of drug-likeness (QED) is 0.151. The Kier molecular flexibility index (Phi) is 20.2. The van der Waals surface area contributed by atoms with Gasteiger partial charge in [0, 0.05) is 13.1 Å². The molecule has 0 aliphatic rings. The van der Waals surface area contributed by atoms with Crippen LogP contribution in [0.15, 0.2) is 0 Å². The largest absolute Gasteiger partial charge is 0.359 e. The molecule has 0 aliphatic carbocycles. The molecule has 1 atom stereocenters. The van der Waals surface area contributed by atoms with Crippen LogP contribution < -0.4 is 0 Å². The smallest absolute Gasteiger partial charge is 0.353 e. The van der Waals surface area contributed by atoms with Crippen molar-refractivity contribution in [2.24, 2.45) is 0 Å². The molecule has 0 rings (SSSR count). The van der Waals surface area contributed by atoms with Crippen molar-refractivity contribution in [1.29, 1.82) is 0 Å². The highest BCUT2D eigenvalue weighted by atomic mass is 31.2. The number of unbranched alkanes of at least 4 members (excludes halogenated alkanes) is 11. The van der Waals surface area contributed by atoms with Crippen molar-refractivity contribution in [2.75, 3.05) is 32.7 Å². The van der Waals surface area contributed by atoms with Crippen LogP contribution >= 0.6 is 7.60 Å². The van der Waals surface area contributed by atoms with Crippen LogP contribution in [0.4, 0.5) is 0 Å². The van der Waals surface area contributed by atoms with Gasteiger partial charge in [-0.3, -0.25) is 9.36 Å². The van der Waals surface area contributed by atoms with E-state index < -0.39 is 13.9 Å². The summed E-state index contributed by atoms with van der Waals surface area (Å²) in [6.45, 7) is 7.97. The van der Waals surface area contributed by atoms with Gasteiger partial charge in [-0.2, -0.15) is 0 Å². The molecule has 1 amide bonds. The van der Waals surface area contributed by atoms with Crippen LogP contribution in [0.1, 0.15) is 111 Å². The predicted octanol–water partition coefficient (Wildman–Crippen LogP) is 6.51. The molecule has 1 unspecified atom stereocenters. The van der Waals surface area contributed by atoms with Crippen LogP contribution in [0, 0.1) is 0 Å². The van der Waals surface area contributed by atoms with E-state index in [1.54, 1.807) is 0 Å². The monoisotopic (exact) mass is 449 g/mol. The summed E-state index contributed by atoms with van der Waals surface area (Å²) >= 11 is 0. The third kappa shape index (κ3) is 18.4. The first-order chi connectivity index (χ1) is 14.5. The Bertz CT molecular complexity index is 431. The molecular formula is C23H48NO5P. The zero-order valence-corrected chi connectivity index (χ0v) is 20.8. The number of hydrogen-bond donors (Lipinski definition) is 1. The van der Waals surface area contributed by atoms with Crippen molar-refractivity contribution in [2.45, 2.75) is 111 Å². The summed E-state index contributed by atoms with van der Waals surface area (Å²) in [5.74, 6) is -0.0920. The van der Waals surface area contributed by atoms with Gasteiger partial charge in [0.2, 0.25) is 5.91 Å². The average Bonchev–Trinajstić information content (AvgIpc) is 2.71. The number of carbonyl (C=O) groups is 1. The summed E-state index contributed by atoms with van der Waals surface area (Å²) in [7, 11) is -3.78. The molecule has 0 spiro atoms. The zero-order valence-electron chi connectivity index (χ0n) is 19.9. The fourth-order valence-electron chi connectivity index (χ4n) is 3.26. The molecule has 7 heteroatoms. The van der Waals surface area contributed by atoms with Crippen LogP contribution in [0.3, 0.4) is 0 Å². The third-order valence-electron chi connectivity index (χ3n) is 5.19. The Morgan fingerprint density at radius 2 is 1.23 bits per heavy atom. The molecule has 180 valence electrons. The van der Waals surface area contributed by atoms with Crippen molar-refractivity contribution in [1.82, 2.24) is 4.90 Å². The second-order valence-corrected chi connectivity index (χ2v) is 10.0. The van der Waals surface area contributed by atoms with Gasteiger partial charge < -0.3 is 19.1 Å². The summed E-state index contributed by atoms with van der Waals surface area (Å²) in [4.78, 5) is 24.2. The average molecular weight is 450 g/mol. The van der Waals surface area contributed by atoms with Crippen molar-refractivity contribution >= 4 is 13.5 Å². The fraction of sp³-hybridized carbons (Fsp3) is 0.957. The van der Waals surface area contributed by atoms with Gasteiger partial charge in [0.25, 0.3) is 0 Å². The summed E-state index contributed by atoms with van der Waals surface area (Å²) < 4.78 is 22.2. The van der Waals surface area contributed by atoms with Crippen molar-refractivity contribution < 1.29 is 23.5 Å². The van der Waals surface area contributed by atoms with E-state index in [0.717, 1.165) is 51.6 Å². The topological polar surface area (TPSA) is 76.1 Å². The van der Waals surface area contributed by atoms with Crippen LogP contribution in [0.2, 0.25) is 0 Å². The zero-order chi connectivity index (χ0) is 22.5. The number of amides is 1. The first-order valence-electron chi connectivity index (χ1n) is 12.3. The van der Waals surface area contributed by atoms with Gasteiger partial charge in [0.05, 0.1) is 6.61 Å². The van der Waals surface area contributed by atoms with Crippen molar-refractivity contribution in [3.63, 3.8) is 0 Å². The molecule has 0 aromatic carbocycles. The maximum Gasteiger partial charge on any atom is 0.353 e. The molecule has 0 aromatic heterocycles. The summed E-state index contributed by atoms with van der Waals surface area (Å²) in [5.41, 5.74) is 0. The molecule has 0 fully saturated rings. The molecule has 6 nitrogen and oxygen atoms in total. The minimum atomic E-state index is -3.78. The fourth-order valence-corrected chi connectivity index (χ4v) is 4.07. The van der Waals surface area contributed by atoms with Gasteiger partial charge in [-0.25, -0.2) is 0 Å². The van der Waals surface area contributed by atoms with E-state index in [2.05, 4.69) is 13.8 Å². The Hall–Kier alpha value is -0.420. The Morgan fingerprint density at radius 1 is 0.767 bits per heavy atom. The third-order valence-corrected chi connectivity index (χ3v) is 6.28. The summed E-state index contributed by atoms with van der Waals surface area (Å²) in [6.07, 6.45) is 15.4. The van der Waals surface area contributed by atoms with Gasteiger partial charge in [-0.1, -0.05) is 91.4 Å². The van der Waals surface area contributed by atoms with E-state index in [-0.39, 0.29) is 19.1 Å². The number of ether oxygens (including phenoxy) is 1. The highest BCUT2D eigenvalue weighted by molar-refractivity contribution is 7.52. The minimum Gasteiger partial charge on any atom is -0.359 e. The maximum absolute atomic E-state index is 12.6. The molecule has 1 N–H and O–H groups in total. The summed E-state index contributed by atoms with van der Waals surface area (Å²) in [5, 5.41) is 0. The molecule has 0 aromatic rings. The van der Waals surface area contributed by atoms with E-state index in [9.17, 15) is 14.3 Å². The number of carbonyl (C=O) groups excluding carboxylic acids is 1. The lowest BCUT2D eigenvalue weighted by molar-refractivity contribution is -0.135. The molecule has 30 heavy (non-hydrogen) atoms. The normalized spacial score (nSPS) is 13.3. The van der Waals surface area contributed by atoms with E-state index in [1.165, 1.54) is 51.4 Å². The van der Waals surface area contributed by atoms with Crippen LogP contribution in [-0.2, 0) is 18.6 Å². The van der Waals surface area contributed by atoms with Crippen molar-refractivity contribution in [3.05, 3.63) is 0 Å². The lowest BCUT2D eigenvalue weighted by Gasteiger charge is -2.23. The van der Waals surface area contributed by atoms with Gasteiger partial charge in [-0.05, 0) is 19.3 Å². The SMILES string of the molecule is CCCCCCCCN(CCCCCCCC)C(=O)COCP(=O)(O)OCCCC. The van der Waals surface area contributed by atoms with Crippen LogP contribution in [0.5, 0.6) is 0 Å². The number of hydrogen-bond acceptors (Lipinski definition) is 4. The second-order valence-electron chi connectivity index (χ2n) is 8.22. The lowest BCUT2D eigenvalue weighted by Crippen LogP contribution is -2.36. The maximum atomic E-state index is 12.6. The van der Waals surface area contributed by atoms with E-state index in [0.29, 0.717) is 0 Å². The molecule has 0 heterocycles. The van der Waals surface area contributed by atoms with E-state index in [1.807, 2.05) is 11.8 Å². The molecule has 0 aliphatic heterocycles. The lowest BCUT2D eigenvalue weighted by atomic mass is 10.1. The Balaban J connectivity index is 4.30. The minimum absolute atomic E-state index is 0.0920. The number of nitrogens with zero attached hydrogens (tertiary/aromatic N) is 1. The summed E-state index contributed by atoms with van der Waals surface area (Å²) in [6, 6.07) is 0. The second kappa shape index (κ2) is 20.5. The molecule has 0 radical (unpaired) electrons. The Labute approximate surface area is 185 Å². The molecule has 0 saturated heterocycles. The van der Waals surface area contributed by atoms with Gasteiger partial charge in [0.1, 0.15) is 13.0 Å². The van der Waals surface area contributed by atoms with Crippen LogP contribution in [0.25, 0.3) is 0 Å². The molecular weight excluding hydrogens is 401 g/mol. The first kappa shape index (κ1) is 29.6. The highest BCUT2D eigenvalue weighted by Gasteiger charge is 2.21. The van der Waals surface area contributed by atoms with Crippen LogP contribution in [-0.4, -0.2) is 48.4 Å². The number of rotatable bonds is 22. The first-order valence-corrected chi connectivity index (χ1v) is 14.0. The van der Waals surface area contributed by atoms with Crippen molar-refractivity contribution in [3.8, 4) is 0 Å². The standard InChI is InChI=1S/C23H48NO5P/c1-4-7-10-12-14-16-18-24(19-17-15-13-11-8-5-2)23(25)21-28-22-30(26,27)29-20-9-6-3/h4-22H2,1-3H3,(H,26,27).